The molecule has 2 aromatic carbocycles. The van der Waals surface area contributed by atoms with Gasteiger partial charge in [-0.3, -0.25) is 9.59 Å². The Morgan fingerprint density at radius 3 is 2.52 bits per heavy atom. The minimum Gasteiger partial charge on any atom is -0.274 e. The van der Waals surface area contributed by atoms with Crippen LogP contribution in [-0.4, -0.2) is 37.3 Å². The first-order valence-corrected chi connectivity index (χ1v) is 9.50. The summed E-state index contributed by atoms with van der Waals surface area (Å²) in [6.45, 7) is 0. The number of imide groups is 1. The molecular formula is C17H11Cl2N5O2S. The van der Waals surface area contributed by atoms with E-state index in [0.717, 1.165) is 22.3 Å². The van der Waals surface area contributed by atoms with Crippen LogP contribution in [0.25, 0.3) is 5.69 Å². The van der Waals surface area contributed by atoms with Crippen LogP contribution < -0.4 is 4.90 Å². The number of benzene rings is 2. The molecule has 4 rings (SSSR count). The monoisotopic (exact) mass is 419 g/mol. The van der Waals surface area contributed by atoms with Crippen LogP contribution in [0.5, 0.6) is 0 Å². The van der Waals surface area contributed by atoms with Gasteiger partial charge in [-0.2, -0.15) is 4.68 Å². The van der Waals surface area contributed by atoms with Crippen molar-refractivity contribution < 1.29 is 9.59 Å². The van der Waals surface area contributed by atoms with Crippen molar-refractivity contribution >= 4 is 52.5 Å². The zero-order chi connectivity index (χ0) is 19.0. The molecule has 0 N–H and O–H groups in total. The number of para-hydroxylation sites is 1. The summed E-state index contributed by atoms with van der Waals surface area (Å²) in [5.41, 5.74) is 1.16. The maximum atomic E-state index is 12.8. The average Bonchev–Trinajstić information content (AvgIpc) is 3.23. The summed E-state index contributed by atoms with van der Waals surface area (Å²) >= 11 is 13.1. The van der Waals surface area contributed by atoms with Crippen molar-refractivity contribution in [3.63, 3.8) is 0 Å². The first kappa shape index (κ1) is 18.0. The van der Waals surface area contributed by atoms with Crippen LogP contribution in [0.3, 0.4) is 0 Å². The molecule has 7 nitrogen and oxygen atoms in total. The predicted octanol–water partition coefficient (Wildman–Crippen LogP) is 3.39. The first-order valence-electron chi connectivity index (χ1n) is 7.87. The van der Waals surface area contributed by atoms with Crippen LogP contribution in [0.4, 0.5) is 5.69 Å². The second kappa shape index (κ2) is 7.30. The molecule has 0 radical (unpaired) electrons. The smallest absolute Gasteiger partial charge is 0.247 e. The molecule has 10 heteroatoms. The van der Waals surface area contributed by atoms with Gasteiger partial charge in [-0.15, -0.1) is 5.10 Å². The van der Waals surface area contributed by atoms with Gasteiger partial charge in [-0.1, -0.05) is 53.2 Å². The summed E-state index contributed by atoms with van der Waals surface area (Å²) in [6.07, 6.45) is 0.0470. The van der Waals surface area contributed by atoms with Gasteiger partial charge in [-0.05, 0) is 40.8 Å². The second-order valence-electron chi connectivity index (χ2n) is 5.69. The zero-order valence-corrected chi connectivity index (χ0v) is 15.9. The van der Waals surface area contributed by atoms with Crippen molar-refractivity contribution in [2.75, 3.05) is 4.90 Å². The number of rotatable bonds is 4. The fourth-order valence-electron chi connectivity index (χ4n) is 2.70. The van der Waals surface area contributed by atoms with Gasteiger partial charge in [0, 0.05) is 6.42 Å². The van der Waals surface area contributed by atoms with Gasteiger partial charge < -0.3 is 0 Å². The van der Waals surface area contributed by atoms with Crippen molar-refractivity contribution in [3.8, 4) is 5.69 Å². The van der Waals surface area contributed by atoms with Gasteiger partial charge >= 0.3 is 0 Å². The fourth-order valence-corrected chi connectivity index (χ4v) is 4.01. The molecule has 2 amide bonds. The van der Waals surface area contributed by atoms with E-state index in [2.05, 4.69) is 15.5 Å². The molecule has 0 spiro atoms. The number of thioether (sulfide) groups is 1. The molecular weight excluding hydrogens is 409 g/mol. The van der Waals surface area contributed by atoms with Crippen molar-refractivity contribution in [1.82, 2.24) is 20.2 Å². The van der Waals surface area contributed by atoms with Crippen LogP contribution in [0, 0.1) is 0 Å². The van der Waals surface area contributed by atoms with E-state index in [4.69, 9.17) is 23.2 Å². The van der Waals surface area contributed by atoms with Gasteiger partial charge in [0.15, 0.2) is 0 Å². The Morgan fingerprint density at radius 2 is 1.78 bits per heavy atom. The molecule has 1 aromatic heterocycles. The van der Waals surface area contributed by atoms with E-state index in [1.54, 1.807) is 12.1 Å². The Balaban J connectivity index is 1.59. The zero-order valence-electron chi connectivity index (χ0n) is 13.6. The highest BCUT2D eigenvalue weighted by atomic mass is 35.5. The number of nitrogens with zero attached hydrogens (tertiary/aromatic N) is 5. The summed E-state index contributed by atoms with van der Waals surface area (Å²) in [4.78, 5) is 26.4. The van der Waals surface area contributed by atoms with Crippen LogP contribution in [-0.2, 0) is 9.59 Å². The minimum absolute atomic E-state index is 0.0470. The molecule has 0 saturated carbocycles. The Morgan fingerprint density at radius 1 is 1.00 bits per heavy atom. The van der Waals surface area contributed by atoms with Crippen molar-refractivity contribution in [3.05, 3.63) is 58.6 Å². The summed E-state index contributed by atoms with van der Waals surface area (Å²) in [5, 5.41) is 12.1. The second-order valence-corrected chi connectivity index (χ2v) is 7.67. The van der Waals surface area contributed by atoms with Gasteiger partial charge in [-0.25, -0.2) is 4.90 Å². The number of anilines is 1. The lowest BCUT2D eigenvalue weighted by Crippen LogP contribution is -2.31. The number of carbonyl (C=O) groups excluding carboxylic acids is 2. The van der Waals surface area contributed by atoms with E-state index in [0.29, 0.717) is 15.9 Å². The quantitative estimate of drug-likeness (QED) is 0.602. The van der Waals surface area contributed by atoms with Gasteiger partial charge in [0.1, 0.15) is 5.25 Å². The van der Waals surface area contributed by atoms with Crippen LogP contribution in [0.1, 0.15) is 6.42 Å². The maximum absolute atomic E-state index is 12.8. The molecule has 3 aromatic rings. The molecule has 1 atom stereocenters. The van der Waals surface area contributed by atoms with Crippen molar-refractivity contribution in [2.24, 2.45) is 0 Å². The van der Waals surface area contributed by atoms with E-state index in [1.165, 1.54) is 10.7 Å². The molecule has 1 saturated heterocycles. The number of aromatic nitrogens is 4. The summed E-state index contributed by atoms with van der Waals surface area (Å²) in [6, 6.07) is 14.0. The largest absolute Gasteiger partial charge is 0.274 e. The lowest BCUT2D eigenvalue weighted by molar-refractivity contribution is -0.121. The lowest BCUT2D eigenvalue weighted by atomic mass is 10.3. The van der Waals surface area contributed by atoms with Gasteiger partial charge in [0.2, 0.25) is 17.0 Å². The summed E-state index contributed by atoms with van der Waals surface area (Å²) in [5.74, 6) is -0.652. The third kappa shape index (κ3) is 3.43. The molecule has 0 aliphatic carbocycles. The minimum atomic E-state index is -0.625. The predicted molar refractivity (Wildman–Crippen MR) is 102 cm³/mol. The molecule has 2 heterocycles. The molecule has 1 fully saturated rings. The topological polar surface area (TPSA) is 81.0 Å². The Kier molecular flexibility index (Phi) is 4.86. The molecule has 0 bridgehead atoms. The first-order chi connectivity index (χ1) is 13.0. The highest BCUT2D eigenvalue weighted by Gasteiger charge is 2.41. The van der Waals surface area contributed by atoms with Crippen molar-refractivity contribution in [2.45, 2.75) is 16.8 Å². The number of carbonyl (C=O) groups is 2. The number of hydrogen-bond donors (Lipinski definition) is 0. The van der Waals surface area contributed by atoms with Crippen LogP contribution in [0.2, 0.25) is 10.0 Å². The van der Waals surface area contributed by atoms with E-state index < -0.39 is 5.25 Å². The van der Waals surface area contributed by atoms with Gasteiger partial charge in [0.05, 0.1) is 21.4 Å². The van der Waals surface area contributed by atoms with Crippen LogP contribution >= 0.6 is 35.0 Å². The molecule has 136 valence electrons. The highest BCUT2D eigenvalue weighted by molar-refractivity contribution is 8.00. The molecule has 0 unspecified atom stereocenters. The van der Waals surface area contributed by atoms with Crippen LogP contribution in [0.15, 0.2) is 53.7 Å². The van der Waals surface area contributed by atoms with Crippen molar-refractivity contribution in [1.29, 1.82) is 0 Å². The third-order valence-electron chi connectivity index (χ3n) is 3.96. The number of amides is 2. The number of hydrogen-bond acceptors (Lipinski definition) is 6. The summed E-state index contributed by atoms with van der Waals surface area (Å²) in [7, 11) is 0. The van der Waals surface area contributed by atoms with E-state index in [1.807, 2.05) is 30.3 Å². The molecule has 1 aliphatic heterocycles. The van der Waals surface area contributed by atoms with E-state index in [-0.39, 0.29) is 23.3 Å². The Hall–Kier alpha value is -2.42. The third-order valence-corrected chi connectivity index (χ3v) is 5.81. The Bertz CT molecular complexity index is 1030. The number of tetrazole rings is 1. The fraction of sp³-hybridized carbons (Fsp3) is 0.118. The Labute approximate surface area is 168 Å². The number of halogens is 2. The molecule has 27 heavy (non-hydrogen) atoms. The SMILES string of the molecule is O=C1C[C@H](Sc2nnnn2-c2ccccc2)C(=O)N1c1ccc(Cl)c(Cl)c1. The van der Waals surface area contributed by atoms with E-state index >= 15 is 0 Å². The highest BCUT2D eigenvalue weighted by Crippen LogP contribution is 2.35. The molecule has 1 aliphatic rings. The standard InChI is InChI=1S/C17H11Cl2N5O2S/c18-12-7-6-11(8-13(12)19)23-15(25)9-14(16(23)26)27-17-20-21-22-24(17)10-4-2-1-3-5-10/h1-8,14H,9H2/t14-/m0/s1. The normalized spacial score (nSPS) is 17.0. The van der Waals surface area contributed by atoms with Gasteiger partial charge in [0.25, 0.3) is 0 Å². The lowest BCUT2D eigenvalue weighted by Gasteiger charge is -2.15. The summed E-state index contributed by atoms with van der Waals surface area (Å²) < 4.78 is 1.53. The average molecular weight is 420 g/mol. The van der Waals surface area contributed by atoms with E-state index in [9.17, 15) is 9.59 Å². The maximum Gasteiger partial charge on any atom is 0.247 e.